The molecule has 5 nitrogen and oxygen atoms in total. The lowest BCUT2D eigenvalue weighted by atomic mass is 10.1. The summed E-state index contributed by atoms with van der Waals surface area (Å²) in [6.07, 6.45) is 0.0194. The average Bonchev–Trinajstić information content (AvgIpc) is 2.63. The van der Waals surface area contributed by atoms with Gasteiger partial charge in [0.25, 0.3) is 5.91 Å². The number of nitrogens with one attached hydrogen (secondary N) is 1. The van der Waals surface area contributed by atoms with Crippen molar-refractivity contribution in [3.8, 4) is 5.75 Å². The molecule has 0 saturated heterocycles. The number of hydrogen-bond acceptors (Lipinski definition) is 3. The van der Waals surface area contributed by atoms with Crippen molar-refractivity contribution in [3.05, 3.63) is 59.7 Å². The molecule has 1 aliphatic rings. The van der Waals surface area contributed by atoms with E-state index in [2.05, 4.69) is 5.32 Å². The Labute approximate surface area is 147 Å². The molecule has 130 valence electrons. The van der Waals surface area contributed by atoms with Crippen LogP contribution in [0, 0.1) is 6.92 Å². The van der Waals surface area contributed by atoms with Crippen LogP contribution >= 0.6 is 0 Å². The molecule has 2 amide bonds. The Balaban J connectivity index is 1.74. The molecule has 1 N–H and O–H groups in total. The van der Waals surface area contributed by atoms with Gasteiger partial charge in [-0.2, -0.15) is 0 Å². The Hall–Kier alpha value is -2.82. The predicted molar refractivity (Wildman–Crippen MR) is 96.5 cm³/mol. The SMILES string of the molecule is CC[C@H]1Oc2ccc(C)cc2N(CC(=O)NCc2ccccc2)C1=O. The maximum absolute atomic E-state index is 12.7. The summed E-state index contributed by atoms with van der Waals surface area (Å²) < 4.78 is 5.77. The fourth-order valence-electron chi connectivity index (χ4n) is 2.85. The van der Waals surface area contributed by atoms with Crippen molar-refractivity contribution >= 4 is 17.5 Å². The van der Waals surface area contributed by atoms with Crippen molar-refractivity contribution in [2.45, 2.75) is 32.9 Å². The Morgan fingerprint density at radius 3 is 2.68 bits per heavy atom. The Kier molecular flexibility index (Phi) is 5.03. The number of benzene rings is 2. The quantitative estimate of drug-likeness (QED) is 0.912. The Bertz CT molecular complexity index is 774. The van der Waals surface area contributed by atoms with Crippen LogP contribution in [0.4, 0.5) is 5.69 Å². The summed E-state index contributed by atoms with van der Waals surface area (Å²) in [7, 11) is 0. The highest BCUT2D eigenvalue weighted by Gasteiger charge is 2.34. The molecule has 5 heteroatoms. The molecule has 0 fully saturated rings. The van der Waals surface area contributed by atoms with Crippen LogP contribution < -0.4 is 15.0 Å². The fraction of sp³-hybridized carbons (Fsp3) is 0.300. The van der Waals surface area contributed by atoms with E-state index in [9.17, 15) is 9.59 Å². The first-order valence-electron chi connectivity index (χ1n) is 8.47. The van der Waals surface area contributed by atoms with E-state index in [1.165, 1.54) is 4.90 Å². The number of carbonyl (C=O) groups is 2. The van der Waals surface area contributed by atoms with Crippen LogP contribution in [-0.4, -0.2) is 24.5 Å². The maximum atomic E-state index is 12.7. The summed E-state index contributed by atoms with van der Waals surface area (Å²) in [6.45, 7) is 4.28. The molecule has 1 atom stereocenters. The Morgan fingerprint density at radius 1 is 1.20 bits per heavy atom. The zero-order chi connectivity index (χ0) is 17.8. The van der Waals surface area contributed by atoms with Crippen LogP contribution in [-0.2, 0) is 16.1 Å². The first-order valence-corrected chi connectivity index (χ1v) is 8.47. The smallest absolute Gasteiger partial charge is 0.268 e. The standard InChI is InChI=1S/C20H22N2O3/c1-3-17-20(24)22(16-11-14(2)9-10-18(16)25-17)13-19(23)21-12-15-7-5-4-6-8-15/h4-11,17H,3,12-13H2,1-2H3,(H,21,23)/t17-/m1/s1. The van der Waals surface area contributed by atoms with Crippen LogP contribution in [0.3, 0.4) is 0 Å². The van der Waals surface area contributed by atoms with Gasteiger partial charge >= 0.3 is 0 Å². The molecule has 0 spiro atoms. The van der Waals surface area contributed by atoms with Crippen LogP contribution in [0.5, 0.6) is 5.75 Å². The zero-order valence-electron chi connectivity index (χ0n) is 14.5. The van der Waals surface area contributed by atoms with E-state index in [1.807, 2.05) is 62.4 Å². The summed E-state index contributed by atoms with van der Waals surface area (Å²) in [4.78, 5) is 26.6. The molecular weight excluding hydrogens is 316 g/mol. The molecule has 0 bridgehead atoms. The number of hydrogen-bond donors (Lipinski definition) is 1. The van der Waals surface area contributed by atoms with E-state index >= 15 is 0 Å². The van der Waals surface area contributed by atoms with Crippen molar-refractivity contribution in [3.63, 3.8) is 0 Å². The maximum Gasteiger partial charge on any atom is 0.268 e. The van der Waals surface area contributed by atoms with Gasteiger partial charge < -0.3 is 10.1 Å². The molecular formula is C20H22N2O3. The second-order valence-electron chi connectivity index (χ2n) is 6.17. The molecule has 2 aromatic rings. The van der Waals surface area contributed by atoms with Crippen molar-refractivity contribution in [1.82, 2.24) is 5.32 Å². The van der Waals surface area contributed by atoms with Crippen LogP contribution in [0.15, 0.2) is 48.5 Å². The topological polar surface area (TPSA) is 58.6 Å². The van der Waals surface area contributed by atoms with Gasteiger partial charge in [-0.3, -0.25) is 14.5 Å². The van der Waals surface area contributed by atoms with Gasteiger partial charge in [0.2, 0.25) is 5.91 Å². The minimum Gasteiger partial charge on any atom is -0.478 e. The largest absolute Gasteiger partial charge is 0.478 e. The van der Waals surface area contributed by atoms with Crippen molar-refractivity contribution in [1.29, 1.82) is 0 Å². The van der Waals surface area contributed by atoms with Gasteiger partial charge in [-0.05, 0) is 36.6 Å². The number of rotatable bonds is 5. The van der Waals surface area contributed by atoms with Gasteiger partial charge in [0.15, 0.2) is 6.10 Å². The van der Waals surface area contributed by atoms with Gasteiger partial charge in [-0.25, -0.2) is 0 Å². The third kappa shape index (κ3) is 3.82. The minimum atomic E-state index is -0.544. The summed E-state index contributed by atoms with van der Waals surface area (Å²) in [5.41, 5.74) is 2.69. The van der Waals surface area contributed by atoms with E-state index in [4.69, 9.17) is 4.74 Å². The Morgan fingerprint density at radius 2 is 1.96 bits per heavy atom. The molecule has 1 heterocycles. The third-order valence-corrected chi connectivity index (χ3v) is 4.22. The number of aryl methyl sites for hydroxylation is 1. The zero-order valence-corrected chi connectivity index (χ0v) is 14.5. The molecule has 25 heavy (non-hydrogen) atoms. The van der Waals surface area contributed by atoms with Gasteiger partial charge in [0.1, 0.15) is 12.3 Å². The number of fused-ring (bicyclic) bond motifs is 1. The summed E-state index contributed by atoms with van der Waals surface area (Å²) >= 11 is 0. The van der Waals surface area contributed by atoms with Gasteiger partial charge in [-0.1, -0.05) is 43.3 Å². The first kappa shape index (κ1) is 17.0. The molecule has 0 aliphatic carbocycles. The molecule has 1 aliphatic heterocycles. The van der Waals surface area contributed by atoms with E-state index in [0.29, 0.717) is 24.4 Å². The lowest BCUT2D eigenvalue weighted by Crippen LogP contribution is -2.49. The summed E-state index contributed by atoms with van der Waals surface area (Å²) in [5.74, 6) is 0.282. The molecule has 0 aromatic heterocycles. The monoisotopic (exact) mass is 338 g/mol. The number of nitrogens with zero attached hydrogens (tertiary/aromatic N) is 1. The number of amides is 2. The van der Waals surface area contributed by atoms with Crippen molar-refractivity contribution in [2.75, 3.05) is 11.4 Å². The van der Waals surface area contributed by atoms with Crippen molar-refractivity contribution in [2.24, 2.45) is 0 Å². The predicted octanol–water partition coefficient (Wildman–Crippen LogP) is 2.82. The fourth-order valence-corrected chi connectivity index (χ4v) is 2.85. The lowest BCUT2D eigenvalue weighted by Gasteiger charge is -2.33. The van der Waals surface area contributed by atoms with E-state index in [0.717, 1.165) is 11.1 Å². The first-order chi connectivity index (χ1) is 12.1. The van der Waals surface area contributed by atoms with Crippen LogP contribution in [0.1, 0.15) is 24.5 Å². The van der Waals surface area contributed by atoms with Gasteiger partial charge in [-0.15, -0.1) is 0 Å². The van der Waals surface area contributed by atoms with Crippen molar-refractivity contribution < 1.29 is 14.3 Å². The molecule has 0 saturated carbocycles. The molecule has 3 rings (SSSR count). The lowest BCUT2D eigenvalue weighted by molar-refractivity contribution is -0.129. The van der Waals surface area contributed by atoms with Crippen LogP contribution in [0.25, 0.3) is 0 Å². The second-order valence-corrected chi connectivity index (χ2v) is 6.17. The average molecular weight is 338 g/mol. The molecule has 0 radical (unpaired) electrons. The van der Waals surface area contributed by atoms with Crippen LogP contribution in [0.2, 0.25) is 0 Å². The number of carbonyl (C=O) groups excluding carboxylic acids is 2. The molecule has 0 unspecified atom stereocenters. The van der Waals surface area contributed by atoms with Gasteiger partial charge in [0.05, 0.1) is 5.69 Å². The summed E-state index contributed by atoms with van der Waals surface area (Å²) in [6, 6.07) is 15.4. The highest BCUT2D eigenvalue weighted by atomic mass is 16.5. The van der Waals surface area contributed by atoms with E-state index in [-0.39, 0.29) is 18.4 Å². The number of anilines is 1. The second kappa shape index (κ2) is 7.38. The van der Waals surface area contributed by atoms with Gasteiger partial charge in [0, 0.05) is 6.54 Å². The third-order valence-electron chi connectivity index (χ3n) is 4.22. The number of ether oxygens (including phenoxy) is 1. The molecule has 2 aromatic carbocycles. The van der Waals surface area contributed by atoms with E-state index < -0.39 is 6.10 Å². The minimum absolute atomic E-state index is 0.0119. The highest BCUT2D eigenvalue weighted by molar-refractivity contribution is 6.03. The summed E-state index contributed by atoms with van der Waals surface area (Å²) in [5, 5.41) is 2.87. The highest BCUT2D eigenvalue weighted by Crippen LogP contribution is 2.35. The normalized spacial score (nSPS) is 16.2. The van der Waals surface area contributed by atoms with E-state index in [1.54, 1.807) is 0 Å².